The van der Waals surface area contributed by atoms with E-state index >= 15 is 0 Å². The fourth-order valence-corrected chi connectivity index (χ4v) is 1.28. The summed E-state index contributed by atoms with van der Waals surface area (Å²) >= 11 is 0. The molecule has 0 amide bonds. The van der Waals surface area contributed by atoms with Crippen molar-refractivity contribution in [2.45, 2.75) is 6.04 Å². The molecule has 3 heteroatoms. The quantitative estimate of drug-likeness (QED) is 0.724. The lowest BCUT2D eigenvalue weighted by Crippen LogP contribution is -2.24. The summed E-state index contributed by atoms with van der Waals surface area (Å²) in [4.78, 5) is 0. The van der Waals surface area contributed by atoms with Crippen LogP contribution in [0.25, 0.3) is 0 Å². The van der Waals surface area contributed by atoms with Gasteiger partial charge in [0.1, 0.15) is 5.75 Å². The molecule has 0 aliphatic heterocycles. The Morgan fingerprint density at radius 1 is 1.54 bits per heavy atom. The summed E-state index contributed by atoms with van der Waals surface area (Å²) in [5.74, 6) is 0.867. The normalized spacial score (nSPS) is 12.5. The number of rotatable bonds is 4. The average Bonchev–Trinajstić information content (AvgIpc) is 2.20. The first-order valence-electron chi connectivity index (χ1n) is 4.33. The molecular weight excluding hydrogens is 164 g/mol. The average molecular weight is 180 g/mol. The number of likely N-dealkylation sites (N-methyl/N-ethyl adjacent to an activating group) is 1. The summed E-state index contributed by atoms with van der Waals surface area (Å²) in [6, 6.07) is 8.13. The van der Waals surface area contributed by atoms with Gasteiger partial charge in [0.15, 0.2) is 0 Å². The van der Waals surface area contributed by atoms with E-state index in [1.807, 2.05) is 31.3 Å². The van der Waals surface area contributed by atoms with Crippen LogP contribution in [0, 0.1) is 0 Å². The van der Waals surface area contributed by atoms with Crippen LogP contribution in [0.2, 0.25) is 0 Å². The molecule has 3 nitrogen and oxygen atoms in total. The van der Waals surface area contributed by atoms with Gasteiger partial charge in [0.05, 0.1) is 7.11 Å². The predicted molar refractivity (Wildman–Crippen MR) is 53.8 cm³/mol. The zero-order valence-corrected chi connectivity index (χ0v) is 8.08. The van der Waals surface area contributed by atoms with Crippen LogP contribution < -0.4 is 15.8 Å². The van der Waals surface area contributed by atoms with Crippen molar-refractivity contribution < 1.29 is 4.74 Å². The number of nitrogens with one attached hydrogen (secondary N) is 1. The zero-order chi connectivity index (χ0) is 9.68. The van der Waals surface area contributed by atoms with E-state index in [0.29, 0.717) is 6.54 Å². The van der Waals surface area contributed by atoms with Crippen molar-refractivity contribution in [1.29, 1.82) is 0 Å². The SMILES string of the molecule is CNC(CN)c1cccc(OC)c1. The Hall–Kier alpha value is -1.06. The van der Waals surface area contributed by atoms with E-state index in [2.05, 4.69) is 5.32 Å². The van der Waals surface area contributed by atoms with Crippen molar-refractivity contribution in [2.75, 3.05) is 20.7 Å². The van der Waals surface area contributed by atoms with Crippen molar-refractivity contribution in [3.63, 3.8) is 0 Å². The lowest BCUT2D eigenvalue weighted by atomic mass is 10.1. The van der Waals surface area contributed by atoms with Crippen LogP contribution in [0.4, 0.5) is 0 Å². The molecule has 13 heavy (non-hydrogen) atoms. The molecule has 0 spiro atoms. The second kappa shape index (κ2) is 4.84. The lowest BCUT2D eigenvalue weighted by molar-refractivity contribution is 0.413. The van der Waals surface area contributed by atoms with E-state index in [4.69, 9.17) is 10.5 Å². The van der Waals surface area contributed by atoms with E-state index in [-0.39, 0.29) is 6.04 Å². The molecule has 0 radical (unpaired) electrons. The van der Waals surface area contributed by atoms with Crippen molar-refractivity contribution in [2.24, 2.45) is 5.73 Å². The molecule has 0 heterocycles. The van der Waals surface area contributed by atoms with Gasteiger partial charge in [-0.3, -0.25) is 0 Å². The Balaban J connectivity index is 2.86. The lowest BCUT2D eigenvalue weighted by Gasteiger charge is -2.14. The number of nitrogens with two attached hydrogens (primary N) is 1. The maximum atomic E-state index is 5.60. The van der Waals surface area contributed by atoms with Crippen LogP contribution in [0.3, 0.4) is 0 Å². The highest BCUT2D eigenvalue weighted by molar-refractivity contribution is 5.30. The molecule has 1 aromatic rings. The number of hydrogen-bond acceptors (Lipinski definition) is 3. The highest BCUT2D eigenvalue weighted by Gasteiger charge is 2.06. The molecule has 0 fully saturated rings. The van der Waals surface area contributed by atoms with Crippen molar-refractivity contribution in [3.05, 3.63) is 29.8 Å². The Bertz CT molecular complexity index is 259. The van der Waals surface area contributed by atoms with Crippen LogP contribution in [0.5, 0.6) is 5.75 Å². The highest BCUT2D eigenvalue weighted by Crippen LogP contribution is 2.17. The largest absolute Gasteiger partial charge is 0.497 e. The fraction of sp³-hybridized carbons (Fsp3) is 0.400. The third kappa shape index (κ3) is 2.44. The van der Waals surface area contributed by atoms with Crippen LogP contribution in [-0.2, 0) is 0 Å². The van der Waals surface area contributed by atoms with E-state index < -0.39 is 0 Å². The molecular formula is C10H16N2O. The topological polar surface area (TPSA) is 47.3 Å². The number of hydrogen-bond donors (Lipinski definition) is 2. The van der Waals surface area contributed by atoms with E-state index in [1.165, 1.54) is 0 Å². The van der Waals surface area contributed by atoms with Crippen LogP contribution in [0.15, 0.2) is 24.3 Å². The van der Waals surface area contributed by atoms with Gasteiger partial charge in [-0.25, -0.2) is 0 Å². The van der Waals surface area contributed by atoms with E-state index in [9.17, 15) is 0 Å². The van der Waals surface area contributed by atoms with Gasteiger partial charge in [-0.15, -0.1) is 0 Å². The van der Waals surface area contributed by atoms with E-state index in [0.717, 1.165) is 11.3 Å². The standard InChI is InChI=1S/C10H16N2O/c1-12-10(7-11)8-4-3-5-9(6-8)13-2/h3-6,10,12H,7,11H2,1-2H3. The molecule has 1 unspecified atom stereocenters. The smallest absolute Gasteiger partial charge is 0.119 e. The van der Waals surface area contributed by atoms with Gasteiger partial charge in [-0.2, -0.15) is 0 Å². The van der Waals surface area contributed by atoms with Gasteiger partial charge in [-0.05, 0) is 24.7 Å². The van der Waals surface area contributed by atoms with Gasteiger partial charge in [0.2, 0.25) is 0 Å². The predicted octanol–water partition coefficient (Wildman–Crippen LogP) is 0.914. The molecule has 0 aromatic heterocycles. The Morgan fingerprint density at radius 3 is 2.85 bits per heavy atom. The maximum Gasteiger partial charge on any atom is 0.119 e. The zero-order valence-electron chi connectivity index (χ0n) is 8.08. The first kappa shape index (κ1) is 10.0. The monoisotopic (exact) mass is 180 g/mol. The van der Waals surface area contributed by atoms with Gasteiger partial charge >= 0.3 is 0 Å². The highest BCUT2D eigenvalue weighted by atomic mass is 16.5. The first-order chi connectivity index (χ1) is 6.31. The Labute approximate surface area is 78.9 Å². The second-order valence-electron chi connectivity index (χ2n) is 2.85. The summed E-state index contributed by atoms with van der Waals surface area (Å²) in [5, 5.41) is 3.14. The minimum absolute atomic E-state index is 0.204. The third-order valence-electron chi connectivity index (χ3n) is 2.08. The number of benzene rings is 1. The summed E-state index contributed by atoms with van der Waals surface area (Å²) in [6.07, 6.45) is 0. The molecule has 3 N–H and O–H groups in total. The molecule has 0 bridgehead atoms. The Kier molecular flexibility index (Phi) is 3.73. The molecule has 1 aromatic carbocycles. The van der Waals surface area contributed by atoms with Crippen LogP contribution >= 0.6 is 0 Å². The molecule has 0 saturated heterocycles. The second-order valence-corrected chi connectivity index (χ2v) is 2.85. The molecule has 72 valence electrons. The van der Waals surface area contributed by atoms with Gasteiger partial charge in [-0.1, -0.05) is 12.1 Å². The van der Waals surface area contributed by atoms with Gasteiger partial charge in [0.25, 0.3) is 0 Å². The summed E-state index contributed by atoms with van der Waals surface area (Å²) in [5.41, 5.74) is 6.76. The minimum Gasteiger partial charge on any atom is -0.497 e. The van der Waals surface area contributed by atoms with Crippen molar-refractivity contribution in [1.82, 2.24) is 5.32 Å². The minimum atomic E-state index is 0.204. The third-order valence-corrected chi connectivity index (χ3v) is 2.08. The van der Waals surface area contributed by atoms with Crippen LogP contribution in [-0.4, -0.2) is 20.7 Å². The summed E-state index contributed by atoms with van der Waals surface area (Å²) in [7, 11) is 3.56. The molecule has 1 rings (SSSR count). The van der Waals surface area contributed by atoms with Crippen molar-refractivity contribution >= 4 is 0 Å². The summed E-state index contributed by atoms with van der Waals surface area (Å²) < 4.78 is 5.13. The molecule has 0 aliphatic rings. The number of ether oxygens (including phenoxy) is 1. The van der Waals surface area contributed by atoms with Crippen LogP contribution in [0.1, 0.15) is 11.6 Å². The number of methoxy groups -OCH3 is 1. The van der Waals surface area contributed by atoms with Gasteiger partial charge < -0.3 is 15.8 Å². The summed E-state index contributed by atoms with van der Waals surface area (Å²) in [6.45, 7) is 0.587. The molecule has 0 saturated carbocycles. The van der Waals surface area contributed by atoms with E-state index in [1.54, 1.807) is 7.11 Å². The maximum absolute atomic E-state index is 5.60. The van der Waals surface area contributed by atoms with Gasteiger partial charge in [0, 0.05) is 12.6 Å². The van der Waals surface area contributed by atoms with Crippen molar-refractivity contribution in [3.8, 4) is 5.75 Å². The first-order valence-corrected chi connectivity index (χ1v) is 4.33. The molecule has 1 atom stereocenters. The Morgan fingerprint density at radius 2 is 2.31 bits per heavy atom. The fourth-order valence-electron chi connectivity index (χ4n) is 1.28. The molecule has 0 aliphatic carbocycles.